The first kappa shape index (κ1) is 16.7. The van der Waals surface area contributed by atoms with Gasteiger partial charge in [-0.2, -0.15) is 0 Å². The Kier molecular flexibility index (Phi) is 7.97. The van der Waals surface area contributed by atoms with E-state index in [1.165, 1.54) is 25.7 Å². The highest BCUT2D eigenvalue weighted by Gasteiger charge is 2.15. The zero-order chi connectivity index (χ0) is 14.8. The molecule has 3 nitrogen and oxygen atoms in total. The van der Waals surface area contributed by atoms with E-state index in [2.05, 4.69) is 6.92 Å². The number of unbranched alkanes of at least 4 members (excludes halogenated alkanes) is 4. The maximum absolute atomic E-state index is 12.1. The number of ether oxygens (including phenoxy) is 2. The Morgan fingerprint density at radius 2 is 1.75 bits per heavy atom. The van der Waals surface area contributed by atoms with Crippen LogP contribution in [0.4, 0.5) is 0 Å². The second-order valence-electron chi connectivity index (χ2n) is 5.02. The third kappa shape index (κ3) is 5.74. The smallest absolute Gasteiger partial charge is 0.191 e. The number of ketones is 1. The lowest BCUT2D eigenvalue weighted by molar-refractivity contribution is 0.0464. The van der Waals surface area contributed by atoms with Gasteiger partial charge in [-0.05, 0) is 37.6 Å². The average molecular weight is 278 g/mol. The van der Waals surface area contributed by atoms with Crippen LogP contribution in [0.1, 0.15) is 56.3 Å². The molecule has 112 valence electrons. The van der Waals surface area contributed by atoms with E-state index >= 15 is 0 Å². The first-order chi connectivity index (χ1) is 9.69. The van der Waals surface area contributed by atoms with Crippen molar-refractivity contribution in [1.29, 1.82) is 0 Å². The molecule has 0 aliphatic carbocycles. The molecule has 1 aromatic rings. The summed E-state index contributed by atoms with van der Waals surface area (Å²) in [4.78, 5) is 12.1. The monoisotopic (exact) mass is 278 g/mol. The summed E-state index contributed by atoms with van der Waals surface area (Å²) in [5, 5.41) is 0. The van der Waals surface area contributed by atoms with Gasteiger partial charge in [0.1, 0.15) is 11.9 Å². The lowest BCUT2D eigenvalue weighted by Gasteiger charge is -2.12. The lowest BCUT2D eigenvalue weighted by atomic mass is 10.1. The van der Waals surface area contributed by atoms with Crippen LogP contribution in [0.2, 0.25) is 0 Å². The van der Waals surface area contributed by atoms with E-state index in [1.54, 1.807) is 31.4 Å². The SMILES string of the molecule is CCCCCCCOC(C)C(=O)c1ccc(OC)cc1. The Morgan fingerprint density at radius 3 is 2.35 bits per heavy atom. The van der Waals surface area contributed by atoms with E-state index < -0.39 is 0 Å². The lowest BCUT2D eigenvalue weighted by Crippen LogP contribution is -2.21. The molecule has 0 radical (unpaired) electrons. The molecule has 0 saturated heterocycles. The van der Waals surface area contributed by atoms with Crippen molar-refractivity contribution in [2.24, 2.45) is 0 Å². The Hall–Kier alpha value is -1.35. The average Bonchev–Trinajstić information content (AvgIpc) is 2.50. The van der Waals surface area contributed by atoms with Gasteiger partial charge < -0.3 is 9.47 Å². The van der Waals surface area contributed by atoms with E-state index in [0.717, 1.165) is 12.2 Å². The Balaban J connectivity index is 2.31. The van der Waals surface area contributed by atoms with Crippen molar-refractivity contribution in [2.45, 2.75) is 52.1 Å². The summed E-state index contributed by atoms with van der Waals surface area (Å²) < 4.78 is 10.7. The minimum Gasteiger partial charge on any atom is -0.497 e. The topological polar surface area (TPSA) is 35.5 Å². The number of hydrogen-bond donors (Lipinski definition) is 0. The van der Waals surface area contributed by atoms with Gasteiger partial charge in [-0.3, -0.25) is 4.79 Å². The van der Waals surface area contributed by atoms with Gasteiger partial charge in [0.25, 0.3) is 0 Å². The van der Waals surface area contributed by atoms with Crippen LogP contribution in [-0.4, -0.2) is 25.6 Å². The van der Waals surface area contributed by atoms with Crippen LogP contribution < -0.4 is 4.74 Å². The minimum atomic E-state index is -0.380. The molecular weight excluding hydrogens is 252 g/mol. The highest BCUT2D eigenvalue weighted by molar-refractivity contribution is 5.99. The molecule has 0 aromatic heterocycles. The Morgan fingerprint density at radius 1 is 1.10 bits per heavy atom. The molecule has 3 heteroatoms. The molecule has 20 heavy (non-hydrogen) atoms. The van der Waals surface area contributed by atoms with Gasteiger partial charge in [0.05, 0.1) is 7.11 Å². The molecular formula is C17H26O3. The number of carbonyl (C=O) groups excluding carboxylic acids is 1. The third-order valence-corrected chi connectivity index (χ3v) is 3.36. The molecule has 1 rings (SSSR count). The van der Waals surface area contributed by atoms with Crippen molar-refractivity contribution in [1.82, 2.24) is 0 Å². The molecule has 1 atom stereocenters. The van der Waals surface area contributed by atoms with Crippen LogP contribution in [-0.2, 0) is 4.74 Å². The van der Waals surface area contributed by atoms with Crippen LogP contribution in [0.3, 0.4) is 0 Å². The van der Waals surface area contributed by atoms with Crippen LogP contribution >= 0.6 is 0 Å². The highest BCUT2D eigenvalue weighted by Crippen LogP contribution is 2.14. The van der Waals surface area contributed by atoms with Crippen LogP contribution in [0, 0.1) is 0 Å². The zero-order valence-electron chi connectivity index (χ0n) is 12.9. The summed E-state index contributed by atoms with van der Waals surface area (Å²) in [5.41, 5.74) is 0.671. The van der Waals surface area contributed by atoms with Gasteiger partial charge >= 0.3 is 0 Å². The largest absolute Gasteiger partial charge is 0.497 e. The Labute approximate surface area is 122 Å². The number of hydrogen-bond acceptors (Lipinski definition) is 3. The second-order valence-corrected chi connectivity index (χ2v) is 5.02. The van der Waals surface area contributed by atoms with E-state index in [0.29, 0.717) is 12.2 Å². The molecule has 1 aromatic carbocycles. The zero-order valence-corrected chi connectivity index (χ0v) is 12.9. The molecule has 0 N–H and O–H groups in total. The first-order valence-electron chi connectivity index (χ1n) is 7.49. The maximum atomic E-state index is 12.1. The Bertz CT molecular complexity index is 384. The van der Waals surface area contributed by atoms with Crippen LogP contribution in [0.15, 0.2) is 24.3 Å². The van der Waals surface area contributed by atoms with Crippen molar-refractivity contribution >= 4 is 5.78 Å². The summed E-state index contributed by atoms with van der Waals surface area (Å²) in [7, 11) is 1.61. The quantitative estimate of drug-likeness (QED) is 0.474. The summed E-state index contributed by atoms with van der Waals surface area (Å²) in [6.07, 6.45) is 5.60. The van der Waals surface area contributed by atoms with Gasteiger partial charge in [-0.15, -0.1) is 0 Å². The molecule has 0 fully saturated rings. The summed E-state index contributed by atoms with van der Waals surface area (Å²) >= 11 is 0. The molecule has 0 bridgehead atoms. The van der Waals surface area contributed by atoms with Crippen molar-refractivity contribution in [2.75, 3.05) is 13.7 Å². The molecule has 0 amide bonds. The fourth-order valence-electron chi connectivity index (χ4n) is 2.03. The molecule has 0 aliphatic rings. The number of carbonyl (C=O) groups is 1. The van der Waals surface area contributed by atoms with Crippen molar-refractivity contribution < 1.29 is 14.3 Å². The van der Waals surface area contributed by atoms with Gasteiger partial charge in [0.15, 0.2) is 5.78 Å². The third-order valence-electron chi connectivity index (χ3n) is 3.36. The molecule has 1 unspecified atom stereocenters. The standard InChI is InChI=1S/C17H26O3/c1-4-5-6-7-8-13-20-14(2)17(18)15-9-11-16(19-3)12-10-15/h9-12,14H,4-8,13H2,1-3H3. The van der Waals surface area contributed by atoms with Gasteiger partial charge in [-0.25, -0.2) is 0 Å². The fraction of sp³-hybridized carbons (Fsp3) is 0.588. The van der Waals surface area contributed by atoms with Crippen LogP contribution in [0.5, 0.6) is 5.75 Å². The van der Waals surface area contributed by atoms with Crippen molar-refractivity contribution in [3.63, 3.8) is 0 Å². The van der Waals surface area contributed by atoms with E-state index in [4.69, 9.17) is 9.47 Å². The minimum absolute atomic E-state index is 0.0289. The first-order valence-corrected chi connectivity index (χ1v) is 7.49. The second kappa shape index (κ2) is 9.54. The van der Waals surface area contributed by atoms with E-state index in [-0.39, 0.29) is 11.9 Å². The predicted octanol–water partition coefficient (Wildman–Crippen LogP) is 4.25. The summed E-state index contributed by atoms with van der Waals surface area (Å²) in [5.74, 6) is 0.784. The van der Waals surface area contributed by atoms with Gasteiger partial charge in [0.2, 0.25) is 0 Å². The van der Waals surface area contributed by atoms with Crippen molar-refractivity contribution in [3.05, 3.63) is 29.8 Å². The normalized spacial score (nSPS) is 12.2. The predicted molar refractivity (Wildman–Crippen MR) is 81.5 cm³/mol. The molecule has 0 heterocycles. The highest BCUT2D eigenvalue weighted by atomic mass is 16.5. The van der Waals surface area contributed by atoms with Crippen molar-refractivity contribution in [3.8, 4) is 5.75 Å². The van der Waals surface area contributed by atoms with E-state index in [9.17, 15) is 4.79 Å². The summed E-state index contributed by atoms with van der Waals surface area (Å²) in [6.45, 7) is 4.68. The maximum Gasteiger partial charge on any atom is 0.191 e. The number of rotatable bonds is 10. The van der Waals surface area contributed by atoms with E-state index in [1.807, 2.05) is 6.92 Å². The number of benzene rings is 1. The fourth-order valence-corrected chi connectivity index (χ4v) is 2.03. The van der Waals surface area contributed by atoms with Gasteiger partial charge in [-0.1, -0.05) is 32.6 Å². The summed E-state index contributed by atoms with van der Waals surface area (Å²) in [6, 6.07) is 7.15. The molecule has 0 spiro atoms. The number of methoxy groups -OCH3 is 1. The molecule has 0 aliphatic heterocycles. The molecule has 0 saturated carbocycles. The van der Waals surface area contributed by atoms with Gasteiger partial charge in [0, 0.05) is 12.2 Å². The van der Waals surface area contributed by atoms with Crippen LogP contribution in [0.25, 0.3) is 0 Å². The number of Topliss-reactive ketones (excluding diaryl/α,β-unsaturated/α-hetero) is 1.